The fourth-order valence-corrected chi connectivity index (χ4v) is 1.24. The summed E-state index contributed by atoms with van der Waals surface area (Å²) >= 11 is 0. The third-order valence-corrected chi connectivity index (χ3v) is 2.06. The zero-order chi connectivity index (χ0) is 13.4. The second-order valence-electron chi connectivity index (χ2n) is 3.51. The normalized spacial score (nSPS) is 10.1. The lowest BCUT2D eigenvalue weighted by Gasteiger charge is -2.06. The third kappa shape index (κ3) is 4.89. The molecule has 0 aliphatic carbocycles. The molecule has 18 heavy (non-hydrogen) atoms. The Hall–Kier alpha value is -1.99. The molecule has 0 aliphatic heterocycles. The van der Waals surface area contributed by atoms with Crippen LogP contribution in [0, 0.1) is 0 Å². The Morgan fingerprint density at radius 3 is 2.89 bits per heavy atom. The van der Waals surface area contributed by atoms with Crippen molar-refractivity contribution >= 4 is 11.8 Å². The van der Waals surface area contributed by atoms with Gasteiger partial charge in [0, 0.05) is 24.8 Å². The molecule has 0 bridgehead atoms. The average molecular weight is 252 g/mol. The molecule has 98 valence electrons. The highest BCUT2D eigenvalue weighted by atomic mass is 16.5. The molecule has 7 nitrogen and oxygen atoms in total. The number of hydrogen-bond acceptors (Lipinski definition) is 5. The summed E-state index contributed by atoms with van der Waals surface area (Å²) in [6.07, 6.45) is 1.53. The van der Waals surface area contributed by atoms with Crippen LogP contribution in [-0.2, 0) is 16.1 Å². The number of pyridine rings is 1. The van der Waals surface area contributed by atoms with Gasteiger partial charge in [-0.25, -0.2) is 0 Å². The van der Waals surface area contributed by atoms with Gasteiger partial charge in [0.05, 0.1) is 12.3 Å². The van der Waals surface area contributed by atoms with Crippen LogP contribution in [0.1, 0.15) is 16.1 Å². The standard InChI is InChI=1S/C11H16N4O3/c12-6-9-5-8(1-2-14-9)11(17)15-3-4-18-7-10(13)16/h1-2,5H,3-4,6-7,12H2,(H2,13,16)(H,15,17). The smallest absolute Gasteiger partial charge is 0.251 e. The van der Waals surface area contributed by atoms with E-state index >= 15 is 0 Å². The number of aromatic nitrogens is 1. The maximum atomic E-state index is 11.7. The van der Waals surface area contributed by atoms with Gasteiger partial charge >= 0.3 is 0 Å². The van der Waals surface area contributed by atoms with Gasteiger partial charge in [-0.05, 0) is 12.1 Å². The van der Waals surface area contributed by atoms with Crippen molar-refractivity contribution in [3.63, 3.8) is 0 Å². The lowest BCUT2D eigenvalue weighted by Crippen LogP contribution is -2.29. The van der Waals surface area contributed by atoms with E-state index in [4.69, 9.17) is 16.2 Å². The Balaban J connectivity index is 2.33. The maximum Gasteiger partial charge on any atom is 0.251 e. The minimum atomic E-state index is -0.539. The van der Waals surface area contributed by atoms with Gasteiger partial charge in [-0.2, -0.15) is 0 Å². The van der Waals surface area contributed by atoms with Gasteiger partial charge in [0.15, 0.2) is 0 Å². The lowest BCUT2D eigenvalue weighted by atomic mass is 10.2. The fourth-order valence-electron chi connectivity index (χ4n) is 1.24. The molecule has 0 spiro atoms. The van der Waals surface area contributed by atoms with Crippen molar-refractivity contribution in [2.24, 2.45) is 11.5 Å². The summed E-state index contributed by atoms with van der Waals surface area (Å²) in [5.74, 6) is -0.780. The number of nitrogens with one attached hydrogen (secondary N) is 1. The predicted molar refractivity (Wildman–Crippen MR) is 64.5 cm³/mol. The van der Waals surface area contributed by atoms with Crippen molar-refractivity contribution in [2.75, 3.05) is 19.8 Å². The first-order valence-corrected chi connectivity index (χ1v) is 5.42. The van der Waals surface area contributed by atoms with Crippen molar-refractivity contribution in [1.82, 2.24) is 10.3 Å². The first-order chi connectivity index (χ1) is 8.63. The van der Waals surface area contributed by atoms with Crippen LogP contribution >= 0.6 is 0 Å². The van der Waals surface area contributed by atoms with E-state index in [0.29, 0.717) is 17.8 Å². The van der Waals surface area contributed by atoms with Crippen LogP contribution < -0.4 is 16.8 Å². The summed E-state index contributed by atoms with van der Waals surface area (Å²) in [6.45, 7) is 0.654. The van der Waals surface area contributed by atoms with Crippen molar-refractivity contribution < 1.29 is 14.3 Å². The molecule has 0 atom stereocenters. The summed E-state index contributed by atoms with van der Waals surface area (Å²) in [5, 5.41) is 2.64. The third-order valence-electron chi connectivity index (χ3n) is 2.06. The molecule has 0 aromatic carbocycles. The number of primary amides is 1. The van der Waals surface area contributed by atoms with Gasteiger partial charge in [0.2, 0.25) is 5.91 Å². The molecule has 5 N–H and O–H groups in total. The molecule has 0 aliphatic rings. The average Bonchev–Trinajstić information content (AvgIpc) is 2.37. The van der Waals surface area contributed by atoms with E-state index in [9.17, 15) is 9.59 Å². The van der Waals surface area contributed by atoms with Gasteiger partial charge in [0.25, 0.3) is 5.91 Å². The van der Waals surface area contributed by atoms with E-state index in [2.05, 4.69) is 10.3 Å². The number of ether oxygens (including phenoxy) is 1. The van der Waals surface area contributed by atoms with E-state index in [1.54, 1.807) is 12.1 Å². The first-order valence-electron chi connectivity index (χ1n) is 5.42. The van der Waals surface area contributed by atoms with Gasteiger partial charge in [-0.3, -0.25) is 14.6 Å². The summed E-state index contributed by atoms with van der Waals surface area (Å²) in [5.41, 5.74) is 11.4. The summed E-state index contributed by atoms with van der Waals surface area (Å²) in [7, 11) is 0. The topological polar surface area (TPSA) is 120 Å². The van der Waals surface area contributed by atoms with E-state index < -0.39 is 5.91 Å². The molecular weight excluding hydrogens is 236 g/mol. The number of nitrogens with zero attached hydrogens (tertiary/aromatic N) is 1. The number of amides is 2. The van der Waals surface area contributed by atoms with Crippen molar-refractivity contribution in [1.29, 1.82) is 0 Å². The van der Waals surface area contributed by atoms with E-state index in [-0.39, 0.29) is 25.7 Å². The molecule has 0 radical (unpaired) electrons. The second kappa shape index (κ2) is 7.36. The summed E-state index contributed by atoms with van der Waals surface area (Å²) in [6, 6.07) is 3.22. The number of carbonyl (C=O) groups excluding carboxylic acids is 2. The quantitative estimate of drug-likeness (QED) is 0.525. The molecule has 2 amide bonds. The zero-order valence-corrected chi connectivity index (χ0v) is 9.89. The Bertz CT molecular complexity index is 423. The highest BCUT2D eigenvalue weighted by Crippen LogP contribution is 2.00. The Kier molecular flexibility index (Phi) is 5.75. The van der Waals surface area contributed by atoms with Crippen molar-refractivity contribution in [2.45, 2.75) is 6.54 Å². The SMILES string of the molecule is NCc1cc(C(=O)NCCOCC(N)=O)ccn1. The lowest BCUT2D eigenvalue weighted by molar-refractivity contribution is -0.122. The number of hydrogen-bond donors (Lipinski definition) is 3. The molecular formula is C11H16N4O3. The highest BCUT2D eigenvalue weighted by Gasteiger charge is 2.05. The Morgan fingerprint density at radius 1 is 1.44 bits per heavy atom. The Morgan fingerprint density at radius 2 is 2.22 bits per heavy atom. The molecule has 1 rings (SSSR count). The van der Waals surface area contributed by atoms with Crippen LogP contribution in [0.15, 0.2) is 18.3 Å². The highest BCUT2D eigenvalue weighted by molar-refractivity contribution is 5.94. The van der Waals surface area contributed by atoms with Crippen LogP contribution in [0.25, 0.3) is 0 Å². The van der Waals surface area contributed by atoms with Gasteiger partial charge < -0.3 is 21.5 Å². The van der Waals surface area contributed by atoms with Gasteiger partial charge in [0.1, 0.15) is 6.61 Å². The van der Waals surface area contributed by atoms with Gasteiger partial charge in [-0.1, -0.05) is 0 Å². The van der Waals surface area contributed by atoms with Crippen LogP contribution in [0.3, 0.4) is 0 Å². The Labute approximate surface area is 105 Å². The second-order valence-corrected chi connectivity index (χ2v) is 3.51. The monoisotopic (exact) mass is 252 g/mol. The molecule has 1 aromatic rings. The van der Waals surface area contributed by atoms with Crippen LogP contribution in [0.2, 0.25) is 0 Å². The molecule has 0 saturated heterocycles. The molecule has 1 heterocycles. The number of nitrogens with two attached hydrogens (primary N) is 2. The van der Waals surface area contributed by atoms with Crippen LogP contribution in [0.5, 0.6) is 0 Å². The first kappa shape index (κ1) is 14.1. The number of rotatable bonds is 7. The molecule has 0 saturated carbocycles. The molecule has 0 fully saturated rings. The van der Waals surface area contributed by atoms with Crippen molar-refractivity contribution in [3.8, 4) is 0 Å². The summed E-state index contributed by atoms with van der Waals surface area (Å²) < 4.78 is 4.90. The minimum Gasteiger partial charge on any atom is -0.370 e. The van der Waals surface area contributed by atoms with Crippen LogP contribution in [-0.4, -0.2) is 36.6 Å². The largest absolute Gasteiger partial charge is 0.370 e. The van der Waals surface area contributed by atoms with Crippen LogP contribution in [0.4, 0.5) is 0 Å². The fraction of sp³-hybridized carbons (Fsp3) is 0.364. The van der Waals surface area contributed by atoms with Gasteiger partial charge in [-0.15, -0.1) is 0 Å². The predicted octanol–water partition coefficient (Wildman–Crippen LogP) is -1.23. The van der Waals surface area contributed by atoms with E-state index in [0.717, 1.165) is 0 Å². The van der Waals surface area contributed by atoms with E-state index in [1.807, 2.05) is 0 Å². The number of carbonyl (C=O) groups is 2. The summed E-state index contributed by atoms with van der Waals surface area (Å²) in [4.78, 5) is 26.1. The zero-order valence-electron chi connectivity index (χ0n) is 9.89. The molecule has 7 heteroatoms. The maximum absolute atomic E-state index is 11.7. The molecule has 1 aromatic heterocycles. The minimum absolute atomic E-state index is 0.150. The molecule has 0 unspecified atom stereocenters. The van der Waals surface area contributed by atoms with Crippen molar-refractivity contribution in [3.05, 3.63) is 29.6 Å². The van der Waals surface area contributed by atoms with E-state index in [1.165, 1.54) is 6.20 Å².